The summed E-state index contributed by atoms with van der Waals surface area (Å²) in [6, 6.07) is 19.9. The molecule has 146 valence electrons. The first-order valence-corrected chi connectivity index (χ1v) is 9.51. The van der Waals surface area contributed by atoms with Crippen LogP contribution in [-0.2, 0) is 0 Å². The maximum atomic E-state index is 12.9. The van der Waals surface area contributed by atoms with E-state index in [1.54, 1.807) is 7.11 Å². The van der Waals surface area contributed by atoms with Gasteiger partial charge in [-0.2, -0.15) is 0 Å². The molecule has 1 amide bonds. The number of nitrogens with one attached hydrogen (secondary N) is 2. The molecule has 0 unspecified atom stereocenters. The Kier molecular flexibility index (Phi) is 6.16. The number of hydrogen-bond donors (Lipinski definition) is 2. The van der Waals surface area contributed by atoms with E-state index in [0.29, 0.717) is 12.1 Å². The van der Waals surface area contributed by atoms with Crippen molar-refractivity contribution >= 4 is 5.91 Å². The minimum Gasteiger partial charge on any atom is -0.495 e. The van der Waals surface area contributed by atoms with Gasteiger partial charge in [0.15, 0.2) is 0 Å². The molecule has 0 aliphatic heterocycles. The summed E-state index contributed by atoms with van der Waals surface area (Å²) in [4.78, 5) is 14.2. The van der Waals surface area contributed by atoms with E-state index in [4.69, 9.17) is 4.74 Å². The van der Waals surface area contributed by atoms with Crippen LogP contribution < -0.4 is 15.0 Å². The Morgan fingerprint density at radius 2 is 1.75 bits per heavy atom. The van der Waals surface area contributed by atoms with E-state index in [0.717, 1.165) is 34.9 Å². The van der Waals surface area contributed by atoms with Gasteiger partial charge in [-0.3, -0.25) is 4.79 Å². The zero-order chi connectivity index (χ0) is 20.1. The molecule has 0 bridgehead atoms. The summed E-state index contributed by atoms with van der Waals surface area (Å²) in [7, 11) is 5.81. The number of carbonyl (C=O) groups excluding carboxylic acids is 1. The van der Waals surface area contributed by atoms with Crippen molar-refractivity contribution in [1.29, 1.82) is 0 Å². The minimum atomic E-state index is -0.0513. The van der Waals surface area contributed by atoms with Gasteiger partial charge >= 0.3 is 0 Å². The van der Waals surface area contributed by atoms with Crippen molar-refractivity contribution in [2.45, 2.75) is 6.92 Å². The largest absolute Gasteiger partial charge is 0.495 e. The van der Waals surface area contributed by atoms with E-state index < -0.39 is 0 Å². The number of para-hydroxylation sites is 2. The molecule has 2 aromatic carbocycles. The highest BCUT2D eigenvalue weighted by molar-refractivity contribution is 5.97. The summed E-state index contributed by atoms with van der Waals surface area (Å²) in [5.41, 5.74) is 4.49. The summed E-state index contributed by atoms with van der Waals surface area (Å²) in [6.07, 6.45) is 0. The number of likely N-dealkylation sites (N-methyl/N-ethyl adjacent to an activating group) is 1. The van der Waals surface area contributed by atoms with Crippen LogP contribution in [0.2, 0.25) is 0 Å². The topological polar surface area (TPSA) is 47.7 Å². The van der Waals surface area contributed by atoms with Crippen molar-refractivity contribution in [3.8, 4) is 22.7 Å². The van der Waals surface area contributed by atoms with Crippen LogP contribution in [0.3, 0.4) is 0 Å². The molecule has 0 atom stereocenters. The summed E-state index contributed by atoms with van der Waals surface area (Å²) >= 11 is 0. The number of methoxy groups -OCH3 is 1. The van der Waals surface area contributed by atoms with Gasteiger partial charge in [-0.15, -0.1) is 0 Å². The number of hydrogen-bond acceptors (Lipinski definition) is 2. The standard InChI is InChI=1S/C23H27N3O2/c1-17-19(23(27)24-14-15-25(2)3)16-21(18-10-6-5-7-11-18)26(17)20-12-8-9-13-22(20)28-4/h5-13,16H,14-15H2,1-4H3,(H,24,27)/p+1. The molecule has 3 rings (SSSR count). The predicted molar refractivity (Wildman–Crippen MR) is 113 cm³/mol. The number of ether oxygens (including phenoxy) is 1. The molecular weight excluding hydrogens is 350 g/mol. The number of carbonyl (C=O) groups is 1. The first-order chi connectivity index (χ1) is 13.5. The number of nitrogens with zero attached hydrogens (tertiary/aromatic N) is 1. The first-order valence-electron chi connectivity index (χ1n) is 9.51. The van der Waals surface area contributed by atoms with Crippen molar-refractivity contribution in [2.24, 2.45) is 0 Å². The molecule has 0 aliphatic rings. The van der Waals surface area contributed by atoms with E-state index >= 15 is 0 Å². The minimum absolute atomic E-state index is 0.0513. The van der Waals surface area contributed by atoms with Gasteiger partial charge in [0.1, 0.15) is 5.75 Å². The van der Waals surface area contributed by atoms with E-state index in [1.165, 1.54) is 4.90 Å². The van der Waals surface area contributed by atoms with Gasteiger partial charge in [0.2, 0.25) is 0 Å². The lowest BCUT2D eigenvalue weighted by molar-refractivity contribution is -0.856. The van der Waals surface area contributed by atoms with Crippen LogP contribution in [-0.4, -0.2) is 44.8 Å². The third kappa shape index (κ3) is 4.10. The molecule has 1 heterocycles. The number of quaternary nitrogens is 1. The zero-order valence-electron chi connectivity index (χ0n) is 17.0. The second-order valence-corrected chi connectivity index (χ2v) is 7.11. The fourth-order valence-electron chi connectivity index (χ4n) is 3.30. The molecule has 2 N–H and O–H groups in total. The highest BCUT2D eigenvalue weighted by atomic mass is 16.5. The van der Waals surface area contributed by atoms with Gasteiger partial charge in [-0.25, -0.2) is 0 Å². The second-order valence-electron chi connectivity index (χ2n) is 7.11. The van der Waals surface area contributed by atoms with Crippen molar-refractivity contribution in [2.75, 3.05) is 34.3 Å². The van der Waals surface area contributed by atoms with Crippen LogP contribution in [0, 0.1) is 6.92 Å². The van der Waals surface area contributed by atoms with Crippen LogP contribution in [0.4, 0.5) is 0 Å². The fraction of sp³-hybridized carbons (Fsp3) is 0.261. The van der Waals surface area contributed by atoms with Crippen LogP contribution in [0.25, 0.3) is 16.9 Å². The number of rotatable bonds is 7. The zero-order valence-corrected chi connectivity index (χ0v) is 17.0. The van der Waals surface area contributed by atoms with Crippen LogP contribution >= 0.6 is 0 Å². The molecule has 3 aromatic rings. The van der Waals surface area contributed by atoms with Gasteiger partial charge in [0, 0.05) is 5.69 Å². The molecule has 5 nitrogen and oxygen atoms in total. The van der Waals surface area contributed by atoms with Crippen LogP contribution in [0.5, 0.6) is 5.75 Å². The molecule has 5 heteroatoms. The quantitative estimate of drug-likeness (QED) is 0.663. The summed E-state index contributed by atoms with van der Waals surface area (Å²) in [5.74, 6) is 0.714. The van der Waals surface area contributed by atoms with Gasteiger partial charge in [-0.1, -0.05) is 42.5 Å². The lowest BCUT2D eigenvalue weighted by Crippen LogP contribution is -3.06. The molecule has 28 heavy (non-hydrogen) atoms. The highest BCUT2D eigenvalue weighted by Gasteiger charge is 2.21. The van der Waals surface area contributed by atoms with Crippen LogP contribution in [0.1, 0.15) is 16.1 Å². The second kappa shape index (κ2) is 8.76. The third-order valence-corrected chi connectivity index (χ3v) is 4.80. The Balaban J connectivity index is 2.09. The number of amides is 1. The number of benzene rings is 2. The Hall–Kier alpha value is -3.05. The maximum absolute atomic E-state index is 12.9. The van der Waals surface area contributed by atoms with E-state index in [9.17, 15) is 4.79 Å². The summed E-state index contributed by atoms with van der Waals surface area (Å²) in [5, 5.41) is 3.04. The van der Waals surface area contributed by atoms with Gasteiger partial charge < -0.3 is 19.5 Å². The highest BCUT2D eigenvalue weighted by Crippen LogP contribution is 2.33. The molecule has 0 radical (unpaired) electrons. The molecule has 0 saturated heterocycles. The molecule has 0 aliphatic carbocycles. The average Bonchev–Trinajstić information content (AvgIpc) is 3.05. The number of aromatic nitrogens is 1. The smallest absolute Gasteiger partial charge is 0.253 e. The molecule has 0 spiro atoms. The first kappa shape index (κ1) is 19.7. The predicted octanol–water partition coefficient (Wildman–Crippen LogP) is 2.34. The van der Waals surface area contributed by atoms with Gasteiger partial charge in [-0.05, 0) is 30.7 Å². The van der Waals surface area contributed by atoms with Crippen molar-refractivity contribution in [3.63, 3.8) is 0 Å². The lowest BCUT2D eigenvalue weighted by Gasteiger charge is -2.15. The van der Waals surface area contributed by atoms with Gasteiger partial charge in [0.25, 0.3) is 5.91 Å². The SMILES string of the molecule is COc1ccccc1-n1c(-c2ccccc2)cc(C(=O)NCC[NH+](C)C)c1C. The molecule has 1 aromatic heterocycles. The monoisotopic (exact) mass is 378 g/mol. The fourth-order valence-corrected chi connectivity index (χ4v) is 3.30. The van der Waals surface area contributed by atoms with Gasteiger partial charge in [0.05, 0.1) is 51.2 Å². The van der Waals surface area contributed by atoms with Crippen LogP contribution in [0.15, 0.2) is 60.7 Å². The normalized spacial score (nSPS) is 10.9. The summed E-state index contributed by atoms with van der Waals surface area (Å²) < 4.78 is 7.68. The average molecular weight is 378 g/mol. The maximum Gasteiger partial charge on any atom is 0.253 e. The molecule has 0 fully saturated rings. The van der Waals surface area contributed by atoms with E-state index in [-0.39, 0.29) is 5.91 Å². The Bertz CT molecular complexity index is 946. The van der Waals surface area contributed by atoms with Crippen molar-refractivity contribution < 1.29 is 14.4 Å². The summed E-state index contributed by atoms with van der Waals surface area (Å²) in [6.45, 7) is 3.50. The van der Waals surface area contributed by atoms with E-state index in [1.807, 2.05) is 55.5 Å². The Morgan fingerprint density at radius 3 is 2.43 bits per heavy atom. The third-order valence-electron chi connectivity index (χ3n) is 4.80. The van der Waals surface area contributed by atoms with Crippen molar-refractivity contribution in [3.05, 3.63) is 71.9 Å². The lowest BCUT2D eigenvalue weighted by atomic mass is 10.1. The molecule has 0 saturated carbocycles. The van der Waals surface area contributed by atoms with E-state index in [2.05, 4.69) is 36.1 Å². The Labute approximate surface area is 166 Å². The Morgan fingerprint density at radius 1 is 1.07 bits per heavy atom. The molecular formula is C23H28N3O2+. The van der Waals surface area contributed by atoms with Crippen molar-refractivity contribution in [1.82, 2.24) is 9.88 Å².